The first-order valence-corrected chi connectivity index (χ1v) is 9.83. The number of aryl methyl sites for hydroxylation is 1. The normalized spacial score (nSPS) is 14.6. The first-order valence-electron chi connectivity index (χ1n) is 9.83. The molecule has 0 aliphatic heterocycles. The molecule has 0 saturated heterocycles. The van der Waals surface area contributed by atoms with E-state index in [2.05, 4.69) is 26.3 Å². The molecule has 2 amide bonds. The Morgan fingerprint density at radius 1 is 1.21 bits per heavy atom. The third-order valence-electron chi connectivity index (χ3n) is 5.24. The minimum Gasteiger partial charge on any atom is -0.497 e. The molecule has 2 N–H and O–H groups in total. The minimum absolute atomic E-state index is 0.0588. The lowest BCUT2D eigenvalue weighted by Crippen LogP contribution is -2.39. The quantitative estimate of drug-likeness (QED) is 0.585. The summed E-state index contributed by atoms with van der Waals surface area (Å²) in [4.78, 5) is 16.8. The monoisotopic (exact) mass is 378 g/mol. The van der Waals surface area contributed by atoms with Crippen LogP contribution in [-0.4, -0.2) is 29.2 Å². The van der Waals surface area contributed by atoms with Gasteiger partial charge in [0.15, 0.2) is 0 Å². The van der Waals surface area contributed by atoms with E-state index in [0.29, 0.717) is 12.5 Å². The number of imidazole rings is 1. The van der Waals surface area contributed by atoms with Gasteiger partial charge in [-0.15, -0.1) is 0 Å². The molecule has 146 valence electrons. The first-order chi connectivity index (χ1) is 13.7. The highest BCUT2D eigenvalue weighted by molar-refractivity contribution is 5.75. The minimum atomic E-state index is -0.108. The fraction of sp³-hybridized carbons (Fsp3) is 0.364. The van der Waals surface area contributed by atoms with E-state index in [-0.39, 0.29) is 12.1 Å². The molecular weight excluding hydrogens is 352 g/mol. The van der Waals surface area contributed by atoms with Crippen LogP contribution in [0.15, 0.2) is 54.9 Å². The van der Waals surface area contributed by atoms with E-state index < -0.39 is 0 Å². The molecule has 0 bridgehead atoms. The lowest BCUT2D eigenvalue weighted by atomic mass is 10.0. The molecule has 1 heterocycles. The van der Waals surface area contributed by atoms with E-state index >= 15 is 0 Å². The number of nitrogens with one attached hydrogen (secondary N) is 2. The molecule has 1 atom stereocenters. The lowest BCUT2D eigenvalue weighted by molar-refractivity contribution is 0.235. The summed E-state index contributed by atoms with van der Waals surface area (Å²) in [5.41, 5.74) is 3.25. The molecule has 1 aromatic heterocycles. The fourth-order valence-electron chi connectivity index (χ4n) is 3.55. The average Bonchev–Trinajstić information content (AvgIpc) is 3.50. The summed E-state index contributed by atoms with van der Waals surface area (Å²) in [5.74, 6) is 1.35. The number of amides is 2. The van der Waals surface area contributed by atoms with Crippen molar-refractivity contribution < 1.29 is 9.53 Å². The van der Waals surface area contributed by atoms with Crippen molar-refractivity contribution in [2.24, 2.45) is 5.92 Å². The zero-order valence-electron chi connectivity index (χ0n) is 16.1. The second kappa shape index (κ2) is 8.33. The van der Waals surface area contributed by atoms with Crippen LogP contribution in [-0.2, 0) is 6.54 Å². The van der Waals surface area contributed by atoms with E-state index in [0.717, 1.165) is 48.2 Å². The maximum atomic E-state index is 12.4. The van der Waals surface area contributed by atoms with E-state index in [1.54, 1.807) is 7.11 Å². The average molecular weight is 378 g/mol. The van der Waals surface area contributed by atoms with Crippen molar-refractivity contribution in [1.82, 2.24) is 20.2 Å². The molecule has 2 aromatic carbocycles. The van der Waals surface area contributed by atoms with Gasteiger partial charge >= 0.3 is 6.03 Å². The number of ether oxygens (including phenoxy) is 1. The predicted molar refractivity (Wildman–Crippen MR) is 109 cm³/mol. The molecule has 1 aliphatic rings. The third-order valence-corrected chi connectivity index (χ3v) is 5.24. The molecule has 0 spiro atoms. The topological polar surface area (TPSA) is 68.2 Å². The maximum absolute atomic E-state index is 12.4. The number of fused-ring (bicyclic) bond motifs is 1. The van der Waals surface area contributed by atoms with Crippen LogP contribution in [0.3, 0.4) is 0 Å². The molecule has 0 radical (unpaired) electrons. The maximum Gasteiger partial charge on any atom is 0.315 e. The standard InChI is InChI=1S/C22H26N4O2/c1-28-18-11-9-17(10-12-18)21(16-7-8-16)25-22(27)23-13-4-14-26-15-24-19-5-2-3-6-20(19)26/h2-3,5-6,9-12,15-16,21H,4,7-8,13-14H2,1H3,(H2,23,25,27). The molecule has 28 heavy (non-hydrogen) atoms. The van der Waals surface area contributed by atoms with E-state index in [4.69, 9.17) is 4.74 Å². The summed E-state index contributed by atoms with van der Waals surface area (Å²) in [6, 6.07) is 16.0. The smallest absolute Gasteiger partial charge is 0.315 e. The predicted octanol–water partition coefficient (Wildman–Crippen LogP) is 3.89. The van der Waals surface area contributed by atoms with Gasteiger partial charge in [0.1, 0.15) is 5.75 Å². The number of rotatable bonds is 8. The van der Waals surface area contributed by atoms with Crippen LogP contribution in [0.1, 0.15) is 30.9 Å². The summed E-state index contributed by atoms with van der Waals surface area (Å²) in [6.45, 7) is 1.45. The van der Waals surface area contributed by atoms with Gasteiger partial charge in [0, 0.05) is 13.1 Å². The number of hydrogen-bond donors (Lipinski definition) is 2. The van der Waals surface area contributed by atoms with Gasteiger partial charge in [-0.1, -0.05) is 24.3 Å². The molecule has 1 saturated carbocycles. The van der Waals surface area contributed by atoms with Crippen molar-refractivity contribution >= 4 is 17.1 Å². The highest BCUT2D eigenvalue weighted by Gasteiger charge is 2.33. The second-order valence-corrected chi connectivity index (χ2v) is 7.27. The Labute approximate surface area is 164 Å². The molecule has 1 fully saturated rings. The number of urea groups is 1. The molecule has 6 nitrogen and oxygen atoms in total. The van der Waals surface area contributed by atoms with Crippen LogP contribution in [0.5, 0.6) is 5.75 Å². The van der Waals surface area contributed by atoms with Gasteiger partial charge in [-0.2, -0.15) is 0 Å². The van der Waals surface area contributed by atoms with Gasteiger partial charge in [-0.3, -0.25) is 0 Å². The van der Waals surface area contributed by atoms with Crippen molar-refractivity contribution in [2.45, 2.75) is 31.8 Å². The summed E-state index contributed by atoms with van der Waals surface area (Å²) >= 11 is 0. The number of para-hydroxylation sites is 2. The van der Waals surface area contributed by atoms with Gasteiger partial charge in [0.25, 0.3) is 0 Å². The van der Waals surface area contributed by atoms with Crippen LogP contribution >= 0.6 is 0 Å². The molecule has 4 rings (SSSR count). The van der Waals surface area contributed by atoms with Gasteiger partial charge < -0.3 is 19.9 Å². The molecular formula is C22H26N4O2. The number of carbonyl (C=O) groups is 1. The number of nitrogens with zero attached hydrogens (tertiary/aromatic N) is 2. The highest BCUT2D eigenvalue weighted by Crippen LogP contribution is 2.41. The Morgan fingerprint density at radius 3 is 2.75 bits per heavy atom. The third kappa shape index (κ3) is 4.27. The summed E-state index contributed by atoms with van der Waals surface area (Å²) in [7, 11) is 1.66. The van der Waals surface area contributed by atoms with Crippen LogP contribution < -0.4 is 15.4 Å². The number of hydrogen-bond acceptors (Lipinski definition) is 3. The van der Waals surface area contributed by atoms with Crippen molar-refractivity contribution in [3.05, 3.63) is 60.4 Å². The number of methoxy groups -OCH3 is 1. The largest absolute Gasteiger partial charge is 0.497 e. The fourth-order valence-corrected chi connectivity index (χ4v) is 3.55. The first kappa shape index (κ1) is 18.3. The van der Waals surface area contributed by atoms with Crippen LogP contribution in [0.2, 0.25) is 0 Å². The number of aromatic nitrogens is 2. The van der Waals surface area contributed by atoms with Gasteiger partial charge in [0.05, 0.1) is 30.5 Å². The highest BCUT2D eigenvalue weighted by atomic mass is 16.5. The van der Waals surface area contributed by atoms with Gasteiger partial charge in [-0.25, -0.2) is 9.78 Å². The van der Waals surface area contributed by atoms with E-state index in [1.807, 2.05) is 48.8 Å². The van der Waals surface area contributed by atoms with Crippen molar-refractivity contribution in [1.29, 1.82) is 0 Å². The second-order valence-electron chi connectivity index (χ2n) is 7.27. The Hall–Kier alpha value is -3.02. The van der Waals surface area contributed by atoms with Gasteiger partial charge in [0.2, 0.25) is 0 Å². The SMILES string of the molecule is COc1ccc(C(NC(=O)NCCCn2cnc3ccccc32)C2CC2)cc1. The van der Waals surface area contributed by atoms with E-state index in [9.17, 15) is 4.79 Å². The molecule has 1 unspecified atom stereocenters. The van der Waals surface area contributed by atoms with Crippen LogP contribution in [0, 0.1) is 5.92 Å². The van der Waals surface area contributed by atoms with Crippen molar-refractivity contribution in [3.63, 3.8) is 0 Å². The summed E-state index contributed by atoms with van der Waals surface area (Å²) < 4.78 is 7.35. The molecule has 1 aliphatic carbocycles. The Morgan fingerprint density at radius 2 is 2.00 bits per heavy atom. The summed E-state index contributed by atoms with van der Waals surface area (Å²) in [6.07, 6.45) is 5.03. The summed E-state index contributed by atoms with van der Waals surface area (Å²) in [5, 5.41) is 6.14. The zero-order chi connectivity index (χ0) is 19.3. The molecule has 3 aromatic rings. The lowest BCUT2D eigenvalue weighted by Gasteiger charge is -2.19. The van der Waals surface area contributed by atoms with Gasteiger partial charge in [-0.05, 0) is 55.0 Å². The van der Waals surface area contributed by atoms with Crippen molar-refractivity contribution in [2.75, 3.05) is 13.7 Å². The Bertz CT molecular complexity index is 931. The molecule has 6 heteroatoms. The zero-order valence-corrected chi connectivity index (χ0v) is 16.1. The Balaban J connectivity index is 1.27. The van der Waals surface area contributed by atoms with Crippen LogP contribution in [0.4, 0.5) is 4.79 Å². The number of carbonyl (C=O) groups excluding carboxylic acids is 1. The number of benzene rings is 2. The Kier molecular flexibility index (Phi) is 5.46. The van der Waals surface area contributed by atoms with Crippen molar-refractivity contribution in [3.8, 4) is 5.75 Å². The van der Waals surface area contributed by atoms with E-state index in [1.165, 1.54) is 0 Å². The van der Waals surface area contributed by atoms with Crippen LogP contribution in [0.25, 0.3) is 11.0 Å².